The topological polar surface area (TPSA) is 46.5 Å². The number of ether oxygens (including phenoxy) is 1. The fourth-order valence-electron chi connectivity index (χ4n) is 3.50. The average Bonchev–Trinajstić information content (AvgIpc) is 2.48. The van der Waals surface area contributed by atoms with E-state index in [0.29, 0.717) is 11.5 Å². The van der Waals surface area contributed by atoms with E-state index in [1.54, 1.807) is 13.0 Å². The maximum atomic E-state index is 11.9. The Bertz CT molecular complexity index is 585. The van der Waals surface area contributed by atoms with Crippen LogP contribution in [0.5, 0.6) is 11.5 Å². The van der Waals surface area contributed by atoms with Crippen LogP contribution in [0.3, 0.4) is 0 Å². The molecule has 0 aromatic heterocycles. The lowest BCUT2D eigenvalue weighted by Crippen LogP contribution is -2.22. The van der Waals surface area contributed by atoms with E-state index in [9.17, 15) is 9.90 Å². The normalized spacial score (nSPS) is 12.6. The Balaban J connectivity index is 3.53. The highest BCUT2D eigenvalue weighted by molar-refractivity contribution is 5.84. The predicted octanol–water partition coefficient (Wildman–Crippen LogP) is 6.03. The summed E-state index contributed by atoms with van der Waals surface area (Å²) in [4.78, 5) is 11.9. The van der Waals surface area contributed by atoms with E-state index >= 15 is 0 Å². The lowest BCUT2D eigenvalue weighted by Gasteiger charge is -2.32. The molecule has 25 heavy (non-hydrogen) atoms. The molecule has 0 aliphatic heterocycles. The maximum Gasteiger partial charge on any atom is 0.335 e. The smallest absolute Gasteiger partial charge is 0.335 e. The van der Waals surface area contributed by atoms with Gasteiger partial charge in [-0.05, 0) is 42.7 Å². The minimum Gasteiger partial charge on any atom is -0.507 e. The summed E-state index contributed by atoms with van der Waals surface area (Å²) in [5, 5.41) is 11.0. The van der Waals surface area contributed by atoms with Crippen molar-refractivity contribution in [2.24, 2.45) is 0 Å². The number of phenolic OH excluding ortho intramolecular Hbond substituents is 1. The van der Waals surface area contributed by atoms with Crippen molar-refractivity contribution in [2.75, 3.05) is 0 Å². The maximum absolute atomic E-state index is 11.9. The Kier molecular flexibility index (Phi) is 7.28. The summed E-state index contributed by atoms with van der Waals surface area (Å²) in [6.45, 7) is 14.6. The molecule has 1 N–H and O–H groups in total. The molecule has 0 atom stereocenters. The van der Waals surface area contributed by atoms with Crippen LogP contribution in [0.15, 0.2) is 24.3 Å². The van der Waals surface area contributed by atoms with Crippen molar-refractivity contribution in [3.63, 3.8) is 0 Å². The first kappa shape index (κ1) is 21.3. The van der Waals surface area contributed by atoms with Crippen LogP contribution in [0.1, 0.15) is 85.3 Å². The molecular weight excluding hydrogens is 312 g/mol. The van der Waals surface area contributed by atoms with Gasteiger partial charge in [-0.2, -0.15) is 0 Å². The Morgan fingerprint density at radius 1 is 1.04 bits per heavy atom. The second-order valence-electron chi connectivity index (χ2n) is 8.06. The van der Waals surface area contributed by atoms with Crippen molar-refractivity contribution in [2.45, 2.75) is 85.0 Å². The van der Waals surface area contributed by atoms with Crippen molar-refractivity contribution >= 4 is 5.97 Å². The molecule has 1 aromatic carbocycles. The average molecular weight is 347 g/mol. The zero-order chi connectivity index (χ0) is 19.3. The summed E-state index contributed by atoms with van der Waals surface area (Å²) in [6.07, 6.45) is 6.99. The van der Waals surface area contributed by atoms with Crippen LogP contribution in [-0.2, 0) is 15.6 Å². The van der Waals surface area contributed by atoms with Gasteiger partial charge in [-0.15, -0.1) is 0 Å². The van der Waals surface area contributed by atoms with Crippen molar-refractivity contribution in [3.8, 4) is 11.5 Å². The highest BCUT2D eigenvalue weighted by Gasteiger charge is 2.31. The van der Waals surface area contributed by atoms with E-state index in [4.69, 9.17) is 4.74 Å². The third kappa shape index (κ3) is 5.35. The fraction of sp³-hybridized carbons (Fsp3) is 0.591. The Labute approximate surface area is 153 Å². The molecule has 0 radical (unpaired) electrons. The Morgan fingerprint density at radius 2 is 1.48 bits per heavy atom. The molecule has 0 saturated carbocycles. The van der Waals surface area contributed by atoms with Gasteiger partial charge in [0, 0.05) is 17.2 Å². The first-order valence-corrected chi connectivity index (χ1v) is 9.31. The lowest BCUT2D eigenvalue weighted by atomic mass is 9.74. The quantitative estimate of drug-likeness (QED) is 0.355. The van der Waals surface area contributed by atoms with Crippen LogP contribution in [0.4, 0.5) is 0 Å². The lowest BCUT2D eigenvalue weighted by molar-refractivity contribution is -0.129. The number of aromatic hydroxyl groups is 1. The van der Waals surface area contributed by atoms with Gasteiger partial charge in [-0.25, -0.2) is 4.79 Å². The molecule has 1 aromatic rings. The zero-order valence-corrected chi connectivity index (χ0v) is 16.9. The van der Waals surface area contributed by atoms with Crippen molar-refractivity contribution < 1.29 is 14.6 Å². The van der Waals surface area contributed by atoms with E-state index < -0.39 is 5.97 Å². The summed E-state index contributed by atoms with van der Waals surface area (Å²) in [7, 11) is 0. The number of rotatable bonds is 8. The highest BCUT2D eigenvalue weighted by atomic mass is 16.5. The van der Waals surface area contributed by atoms with Gasteiger partial charge in [0.05, 0.1) is 0 Å². The van der Waals surface area contributed by atoms with Crippen LogP contribution in [-0.4, -0.2) is 11.1 Å². The first-order chi connectivity index (χ1) is 11.6. The predicted molar refractivity (Wildman–Crippen MR) is 104 cm³/mol. The van der Waals surface area contributed by atoms with E-state index in [2.05, 4.69) is 41.5 Å². The van der Waals surface area contributed by atoms with Crippen LogP contribution < -0.4 is 4.74 Å². The van der Waals surface area contributed by atoms with Gasteiger partial charge in [-0.1, -0.05) is 60.5 Å². The van der Waals surface area contributed by atoms with Crippen LogP contribution in [0, 0.1) is 0 Å². The van der Waals surface area contributed by atoms with Gasteiger partial charge in [0.15, 0.2) is 0 Å². The number of carbonyl (C=O) groups excluding carboxylic acids is 1. The molecule has 0 aliphatic rings. The molecule has 140 valence electrons. The van der Waals surface area contributed by atoms with Crippen molar-refractivity contribution in [1.29, 1.82) is 0 Å². The van der Waals surface area contributed by atoms with Gasteiger partial charge in [-0.3, -0.25) is 0 Å². The van der Waals surface area contributed by atoms with Gasteiger partial charge in [0.25, 0.3) is 0 Å². The zero-order valence-electron chi connectivity index (χ0n) is 16.9. The molecular formula is C22H34O3. The largest absolute Gasteiger partial charge is 0.507 e. The van der Waals surface area contributed by atoms with Crippen LogP contribution in [0.25, 0.3) is 0 Å². The third-order valence-electron chi connectivity index (χ3n) is 4.81. The fourth-order valence-corrected chi connectivity index (χ4v) is 3.50. The van der Waals surface area contributed by atoms with Gasteiger partial charge in [0.2, 0.25) is 0 Å². The summed E-state index contributed by atoms with van der Waals surface area (Å²) < 4.78 is 5.50. The summed E-state index contributed by atoms with van der Waals surface area (Å²) in [6, 6.07) is 3.63. The first-order valence-electron chi connectivity index (χ1n) is 9.31. The molecule has 0 bridgehead atoms. The number of carbonyl (C=O) groups is 1. The molecule has 0 heterocycles. The van der Waals surface area contributed by atoms with Gasteiger partial charge < -0.3 is 9.84 Å². The van der Waals surface area contributed by atoms with Gasteiger partial charge in [0.1, 0.15) is 11.5 Å². The second-order valence-corrected chi connectivity index (χ2v) is 8.06. The highest BCUT2D eigenvalue weighted by Crippen LogP contribution is 2.44. The molecule has 0 spiro atoms. The second kappa shape index (κ2) is 8.55. The van der Waals surface area contributed by atoms with Crippen LogP contribution >= 0.6 is 0 Å². The molecule has 0 amide bonds. The number of hydrogen-bond donors (Lipinski definition) is 1. The number of phenols is 1. The van der Waals surface area contributed by atoms with E-state index in [1.165, 1.54) is 6.08 Å². The molecule has 0 fully saturated rings. The number of benzene rings is 1. The standard InChI is InChI=1S/C22H34O3/c1-8-11-19(23)25-16-14-17(21(4,5)12-9-2)20(24)18(15-16)22(6,7)13-10-3/h8,11,14-15,24H,9-10,12-13H2,1-7H3/b11-8+. The number of allylic oxidation sites excluding steroid dienone is 1. The summed E-state index contributed by atoms with van der Waals surface area (Å²) >= 11 is 0. The van der Waals surface area contributed by atoms with Gasteiger partial charge >= 0.3 is 5.97 Å². The minimum absolute atomic E-state index is 0.196. The Hall–Kier alpha value is -1.77. The molecule has 0 aliphatic carbocycles. The van der Waals surface area contributed by atoms with Crippen molar-refractivity contribution in [1.82, 2.24) is 0 Å². The SMILES string of the molecule is C/C=C/C(=O)Oc1cc(C(C)(C)CCC)c(O)c(C(C)(C)CCC)c1. The molecule has 3 nitrogen and oxygen atoms in total. The third-order valence-corrected chi connectivity index (χ3v) is 4.81. The summed E-state index contributed by atoms with van der Waals surface area (Å²) in [5.41, 5.74) is 1.30. The number of hydrogen-bond acceptors (Lipinski definition) is 3. The Morgan fingerprint density at radius 3 is 1.84 bits per heavy atom. The van der Waals surface area contributed by atoms with Crippen molar-refractivity contribution in [3.05, 3.63) is 35.4 Å². The summed E-state index contributed by atoms with van der Waals surface area (Å²) in [5.74, 6) is 0.439. The minimum atomic E-state index is -0.397. The van der Waals surface area contributed by atoms with Crippen LogP contribution in [0.2, 0.25) is 0 Å². The van der Waals surface area contributed by atoms with E-state index in [0.717, 1.165) is 36.8 Å². The van der Waals surface area contributed by atoms with E-state index in [-0.39, 0.29) is 10.8 Å². The molecule has 1 rings (SSSR count). The molecule has 0 saturated heterocycles. The molecule has 0 unspecified atom stereocenters. The monoisotopic (exact) mass is 346 g/mol. The van der Waals surface area contributed by atoms with E-state index in [1.807, 2.05) is 12.1 Å². The number of esters is 1. The molecule has 3 heteroatoms.